The molecule has 0 radical (unpaired) electrons. The molecule has 0 spiro atoms. The van der Waals surface area contributed by atoms with Crippen molar-refractivity contribution in [1.29, 1.82) is 0 Å². The molecule has 6 nitrogen and oxygen atoms in total. The molecular formula is C17H23N3O3. The summed E-state index contributed by atoms with van der Waals surface area (Å²) in [5, 5.41) is 2.79. The van der Waals surface area contributed by atoms with Crippen molar-refractivity contribution >= 4 is 11.8 Å². The summed E-state index contributed by atoms with van der Waals surface area (Å²) in [7, 11) is 0. The van der Waals surface area contributed by atoms with Gasteiger partial charge in [-0.2, -0.15) is 0 Å². The topological polar surface area (TPSA) is 84.7 Å². The van der Waals surface area contributed by atoms with Gasteiger partial charge in [-0.3, -0.25) is 9.59 Å². The monoisotopic (exact) mass is 317 g/mol. The zero-order chi connectivity index (χ0) is 16.4. The number of likely N-dealkylation sites (N-methyl/N-ethyl adjacent to an activating group) is 1. The fraction of sp³-hybridized carbons (Fsp3) is 0.529. The molecule has 0 saturated carbocycles. The van der Waals surface area contributed by atoms with E-state index in [1.54, 1.807) is 11.0 Å². The summed E-state index contributed by atoms with van der Waals surface area (Å²) in [6.45, 7) is 3.54. The van der Waals surface area contributed by atoms with Crippen LogP contribution in [0.1, 0.15) is 35.7 Å². The van der Waals surface area contributed by atoms with Gasteiger partial charge in [0.1, 0.15) is 11.8 Å². The van der Waals surface area contributed by atoms with E-state index in [1.165, 1.54) is 0 Å². The molecule has 0 bridgehead atoms. The highest BCUT2D eigenvalue weighted by molar-refractivity contribution is 5.98. The van der Waals surface area contributed by atoms with Crippen molar-refractivity contribution in [3.05, 3.63) is 29.3 Å². The number of ether oxygens (including phenoxy) is 1. The molecule has 2 aliphatic rings. The number of amides is 2. The number of nitrogens with two attached hydrogens (primary N) is 1. The van der Waals surface area contributed by atoms with Crippen LogP contribution < -0.4 is 15.8 Å². The lowest BCUT2D eigenvalue weighted by molar-refractivity contribution is -0.124. The number of rotatable bonds is 3. The van der Waals surface area contributed by atoms with Crippen LogP contribution in [0.4, 0.5) is 0 Å². The Bertz CT molecular complexity index is 617. The Labute approximate surface area is 136 Å². The molecule has 6 heteroatoms. The summed E-state index contributed by atoms with van der Waals surface area (Å²) in [6, 6.07) is 4.86. The summed E-state index contributed by atoms with van der Waals surface area (Å²) < 4.78 is 5.58. The minimum Gasteiger partial charge on any atom is -0.493 e. The van der Waals surface area contributed by atoms with Crippen LogP contribution in [-0.2, 0) is 11.2 Å². The van der Waals surface area contributed by atoms with E-state index in [4.69, 9.17) is 10.5 Å². The number of carbonyl (C=O) groups excluding carboxylic acids is 2. The lowest BCUT2D eigenvalue weighted by atomic mass is 10.0. The molecule has 2 atom stereocenters. The Balaban J connectivity index is 1.82. The molecule has 0 aromatic heterocycles. The summed E-state index contributed by atoms with van der Waals surface area (Å²) >= 11 is 0. The molecule has 0 unspecified atom stereocenters. The number of nitrogens with one attached hydrogen (secondary N) is 1. The number of likely N-dealkylation sites (tertiary alicyclic amines) is 1. The maximum absolute atomic E-state index is 12.8. The van der Waals surface area contributed by atoms with E-state index >= 15 is 0 Å². The fourth-order valence-corrected chi connectivity index (χ4v) is 3.29. The van der Waals surface area contributed by atoms with Crippen molar-refractivity contribution in [2.45, 2.75) is 38.3 Å². The summed E-state index contributed by atoms with van der Waals surface area (Å²) in [5.74, 6) is 0.587. The second-order valence-corrected chi connectivity index (χ2v) is 6.14. The van der Waals surface area contributed by atoms with Crippen LogP contribution >= 0.6 is 0 Å². The second kappa shape index (κ2) is 6.58. The number of nitrogens with zero attached hydrogens (tertiary/aromatic N) is 1. The molecule has 23 heavy (non-hydrogen) atoms. The first-order chi connectivity index (χ1) is 11.1. The number of fused-ring (bicyclic) bond motifs is 1. The van der Waals surface area contributed by atoms with Crippen molar-refractivity contribution in [1.82, 2.24) is 10.2 Å². The van der Waals surface area contributed by atoms with Gasteiger partial charge in [-0.1, -0.05) is 0 Å². The van der Waals surface area contributed by atoms with E-state index in [2.05, 4.69) is 5.32 Å². The van der Waals surface area contributed by atoms with Crippen molar-refractivity contribution in [2.24, 2.45) is 5.73 Å². The van der Waals surface area contributed by atoms with Crippen molar-refractivity contribution in [2.75, 3.05) is 19.7 Å². The van der Waals surface area contributed by atoms with E-state index in [1.807, 2.05) is 19.1 Å². The largest absolute Gasteiger partial charge is 0.493 e. The smallest absolute Gasteiger partial charge is 0.254 e. The van der Waals surface area contributed by atoms with E-state index in [9.17, 15) is 9.59 Å². The standard InChI is InChI=1S/C17H23N3O3/c1-2-19-16(21)14-9-13(18)10-20(14)17(22)12-5-6-15-11(8-12)4-3-7-23-15/h5-6,8,13-14H,2-4,7,9-10,18H2,1H3,(H,19,21)/t13-,14-/m0/s1. The van der Waals surface area contributed by atoms with Gasteiger partial charge in [0.2, 0.25) is 5.91 Å². The third-order valence-electron chi connectivity index (χ3n) is 4.40. The van der Waals surface area contributed by atoms with Crippen LogP contribution in [0.2, 0.25) is 0 Å². The molecule has 1 fully saturated rings. The normalized spacial score (nSPS) is 23.1. The molecule has 1 saturated heterocycles. The molecule has 2 heterocycles. The second-order valence-electron chi connectivity index (χ2n) is 6.14. The highest BCUT2D eigenvalue weighted by Gasteiger charge is 2.38. The highest BCUT2D eigenvalue weighted by Crippen LogP contribution is 2.27. The van der Waals surface area contributed by atoms with Gasteiger partial charge < -0.3 is 20.7 Å². The number of hydrogen-bond acceptors (Lipinski definition) is 4. The summed E-state index contributed by atoms with van der Waals surface area (Å²) in [4.78, 5) is 26.6. The predicted molar refractivity (Wildman–Crippen MR) is 86.4 cm³/mol. The Morgan fingerprint density at radius 2 is 2.26 bits per heavy atom. The predicted octanol–water partition coefficient (Wildman–Crippen LogP) is 0.690. The maximum atomic E-state index is 12.8. The first-order valence-electron chi connectivity index (χ1n) is 8.20. The highest BCUT2D eigenvalue weighted by atomic mass is 16.5. The number of benzene rings is 1. The average molecular weight is 317 g/mol. The zero-order valence-electron chi connectivity index (χ0n) is 13.4. The Hall–Kier alpha value is -2.08. The van der Waals surface area contributed by atoms with Crippen LogP contribution in [0.25, 0.3) is 0 Å². The summed E-state index contributed by atoms with van der Waals surface area (Å²) in [6.07, 6.45) is 2.38. The molecular weight excluding hydrogens is 294 g/mol. The third kappa shape index (κ3) is 3.17. The third-order valence-corrected chi connectivity index (χ3v) is 4.40. The van der Waals surface area contributed by atoms with Gasteiger partial charge in [0.15, 0.2) is 0 Å². The number of carbonyl (C=O) groups is 2. The molecule has 3 N–H and O–H groups in total. The molecule has 3 rings (SSSR count). The molecule has 1 aromatic carbocycles. The van der Waals surface area contributed by atoms with Gasteiger partial charge in [-0.15, -0.1) is 0 Å². The molecule has 2 aliphatic heterocycles. The lowest BCUT2D eigenvalue weighted by Gasteiger charge is -2.24. The van der Waals surface area contributed by atoms with Gasteiger partial charge in [-0.05, 0) is 49.9 Å². The fourth-order valence-electron chi connectivity index (χ4n) is 3.29. The quantitative estimate of drug-likeness (QED) is 0.859. The van der Waals surface area contributed by atoms with E-state index < -0.39 is 6.04 Å². The van der Waals surface area contributed by atoms with Crippen LogP contribution in [-0.4, -0.2) is 48.5 Å². The first-order valence-corrected chi connectivity index (χ1v) is 8.20. The van der Waals surface area contributed by atoms with Gasteiger partial charge in [0, 0.05) is 24.7 Å². The zero-order valence-corrected chi connectivity index (χ0v) is 13.4. The lowest BCUT2D eigenvalue weighted by Crippen LogP contribution is -2.46. The average Bonchev–Trinajstić information content (AvgIpc) is 2.96. The van der Waals surface area contributed by atoms with Gasteiger partial charge in [-0.25, -0.2) is 0 Å². The maximum Gasteiger partial charge on any atom is 0.254 e. The molecule has 1 aromatic rings. The minimum absolute atomic E-state index is 0.130. The minimum atomic E-state index is -0.482. The van der Waals surface area contributed by atoms with Crippen LogP contribution in [0.3, 0.4) is 0 Å². The SMILES string of the molecule is CCNC(=O)[C@@H]1C[C@H](N)CN1C(=O)c1ccc2c(c1)CCCO2. The van der Waals surface area contributed by atoms with Crippen molar-refractivity contribution in [3.8, 4) is 5.75 Å². The van der Waals surface area contributed by atoms with Gasteiger partial charge in [0.05, 0.1) is 6.61 Å². The Morgan fingerprint density at radius 1 is 1.43 bits per heavy atom. The van der Waals surface area contributed by atoms with E-state index in [0.29, 0.717) is 25.1 Å². The Kier molecular flexibility index (Phi) is 4.52. The number of aryl methyl sites for hydroxylation is 1. The Morgan fingerprint density at radius 3 is 3.04 bits per heavy atom. The van der Waals surface area contributed by atoms with Crippen molar-refractivity contribution < 1.29 is 14.3 Å². The van der Waals surface area contributed by atoms with Crippen LogP contribution in [0.15, 0.2) is 18.2 Å². The van der Waals surface area contributed by atoms with Crippen molar-refractivity contribution in [3.63, 3.8) is 0 Å². The number of hydrogen-bond donors (Lipinski definition) is 2. The molecule has 2 amide bonds. The first kappa shape index (κ1) is 15.8. The van der Waals surface area contributed by atoms with Gasteiger partial charge >= 0.3 is 0 Å². The van der Waals surface area contributed by atoms with E-state index in [-0.39, 0.29) is 17.9 Å². The van der Waals surface area contributed by atoms with Gasteiger partial charge in [0.25, 0.3) is 5.91 Å². The molecule has 0 aliphatic carbocycles. The van der Waals surface area contributed by atoms with Crippen LogP contribution in [0, 0.1) is 0 Å². The van der Waals surface area contributed by atoms with E-state index in [0.717, 1.165) is 30.8 Å². The summed E-state index contributed by atoms with van der Waals surface area (Å²) in [5.41, 5.74) is 7.63. The molecule has 124 valence electrons. The van der Waals surface area contributed by atoms with Crippen LogP contribution in [0.5, 0.6) is 5.75 Å².